The second-order valence-electron chi connectivity index (χ2n) is 3.72. The molecule has 3 heteroatoms. The fourth-order valence-electron chi connectivity index (χ4n) is 1.83. The Kier molecular flexibility index (Phi) is 1.87. The third-order valence-corrected chi connectivity index (χ3v) is 2.74. The van der Waals surface area contributed by atoms with Crippen LogP contribution in [0.1, 0.15) is 46.9 Å². The number of H-pyrrole nitrogens is 1. The Morgan fingerprint density at radius 1 is 1.62 bits per heavy atom. The van der Waals surface area contributed by atoms with E-state index in [-0.39, 0.29) is 0 Å². The summed E-state index contributed by atoms with van der Waals surface area (Å²) in [5, 5.41) is 8.92. The summed E-state index contributed by atoms with van der Waals surface area (Å²) >= 11 is 0. The molecule has 0 bridgehead atoms. The van der Waals surface area contributed by atoms with Gasteiger partial charge in [0.25, 0.3) is 0 Å². The first-order chi connectivity index (χ1) is 6.18. The number of aromatic nitrogens is 1. The molecule has 0 atom stereocenters. The van der Waals surface area contributed by atoms with Gasteiger partial charge in [-0.25, -0.2) is 4.79 Å². The minimum atomic E-state index is -0.838. The van der Waals surface area contributed by atoms with E-state index in [1.54, 1.807) is 0 Å². The van der Waals surface area contributed by atoms with Crippen LogP contribution in [0.25, 0.3) is 0 Å². The van der Waals surface area contributed by atoms with Crippen molar-refractivity contribution >= 4 is 5.97 Å². The minimum Gasteiger partial charge on any atom is -0.477 e. The maximum absolute atomic E-state index is 10.8. The number of rotatable bonds is 2. The topological polar surface area (TPSA) is 53.1 Å². The Balaban J connectivity index is 2.36. The number of carbonyl (C=O) groups is 1. The first kappa shape index (κ1) is 8.35. The van der Waals surface area contributed by atoms with E-state index < -0.39 is 5.97 Å². The fraction of sp³-hybridized carbons (Fsp3) is 0.500. The molecule has 1 aromatic heterocycles. The van der Waals surface area contributed by atoms with Gasteiger partial charge in [0.2, 0.25) is 0 Å². The van der Waals surface area contributed by atoms with E-state index in [9.17, 15) is 4.79 Å². The minimum absolute atomic E-state index is 0.391. The van der Waals surface area contributed by atoms with Crippen LogP contribution in [-0.4, -0.2) is 16.1 Å². The Labute approximate surface area is 76.8 Å². The van der Waals surface area contributed by atoms with Crippen LogP contribution >= 0.6 is 0 Å². The zero-order valence-electron chi connectivity index (χ0n) is 7.63. The van der Waals surface area contributed by atoms with Crippen LogP contribution < -0.4 is 0 Å². The molecule has 1 saturated carbocycles. The third kappa shape index (κ3) is 1.34. The third-order valence-electron chi connectivity index (χ3n) is 2.74. The molecule has 0 spiro atoms. The van der Waals surface area contributed by atoms with Gasteiger partial charge in [0, 0.05) is 5.69 Å². The first-order valence-electron chi connectivity index (χ1n) is 4.61. The highest BCUT2D eigenvalue weighted by atomic mass is 16.4. The lowest BCUT2D eigenvalue weighted by atomic mass is 9.80. The lowest BCUT2D eigenvalue weighted by Gasteiger charge is -2.25. The lowest BCUT2D eigenvalue weighted by Crippen LogP contribution is -2.12. The Hall–Kier alpha value is -1.25. The quantitative estimate of drug-likeness (QED) is 0.731. The zero-order chi connectivity index (χ0) is 9.42. The molecule has 0 aromatic carbocycles. The maximum atomic E-state index is 10.8. The van der Waals surface area contributed by atoms with Crippen molar-refractivity contribution < 1.29 is 9.90 Å². The summed E-state index contributed by atoms with van der Waals surface area (Å²) in [6, 6.07) is 1.97. The van der Waals surface area contributed by atoms with Crippen LogP contribution in [0.3, 0.4) is 0 Å². The summed E-state index contributed by atoms with van der Waals surface area (Å²) in [5.41, 5.74) is 2.33. The molecule has 1 aromatic rings. The van der Waals surface area contributed by atoms with Gasteiger partial charge in [-0.15, -0.1) is 0 Å². The molecule has 0 aliphatic heterocycles. The van der Waals surface area contributed by atoms with Crippen molar-refractivity contribution in [3.63, 3.8) is 0 Å². The Bertz CT molecular complexity index is 337. The molecule has 70 valence electrons. The van der Waals surface area contributed by atoms with Crippen LogP contribution in [0, 0.1) is 6.92 Å². The summed E-state index contributed by atoms with van der Waals surface area (Å²) in [4.78, 5) is 13.7. The molecule has 0 amide bonds. The average molecular weight is 179 g/mol. The smallest absolute Gasteiger partial charge is 0.352 e. The number of nitrogens with one attached hydrogen (secondary N) is 1. The summed E-state index contributed by atoms with van der Waals surface area (Å²) in [6.07, 6.45) is 3.50. The molecule has 1 fully saturated rings. The van der Waals surface area contributed by atoms with E-state index in [1.165, 1.54) is 6.42 Å². The Morgan fingerprint density at radius 3 is 2.77 bits per heavy atom. The predicted octanol–water partition coefficient (Wildman–Crippen LogP) is 2.29. The molecular formula is C10H13NO2. The summed E-state index contributed by atoms with van der Waals surface area (Å²) in [6.45, 7) is 1.90. The van der Waals surface area contributed by atoms with Crippen molar-refractivity contribution in [2.24, 2.45) is 0 Å². The number of carboxylic acid groups (broad SMARTS) is 1. The van der Waals surface area contributed by atoms with Gasteiger partial charge >= 0.3 is 5.97 Å². The van der Waals surface area contributed by atoms with Gasteiger partial charge in [0.05, 0.1) is 0 Å². The molecule has 1 aliphatic carbocycles. The number of hydrogen-bond donors (Lipinski definition) is 2. The highest BCUT2D eigenvalue weighted by Gasteiger charge is 2.25. The predicted molar refractivity (Wildman–Crippen MR) is 49.1 cm³/mol. The van der Waals surface area contributed by atoms with Gasteiger partial charge in [0.1, 0.15) is 5.69 Å². The monoisotopic (exact) mass is 179 g/mol. The van der Waals surface area contributed by atoms with Gasteiger partial charge in [-0.3, -0.25) is 0 Å². The summed E-state index contributed by atoms with van der Waals surface area (Å²) in [7, 11) is 0. The SMILES string of the molecule is Cc1cc(C2CCC2)c(C(=O)O)[nH]1. The van der Waals surface area contributed by atoms with Gasteiger partial charge in [-0.05, 0) is 37.3 Å². The molecule has 0 radical (unpaired) electrons. The van der Waals surface area contributed by atoms with Gasteiger partial charge < -0.3 is 10.1 Å². The van der Waals surface area contributed by atoms with Crippen molar-refractivity contribution in [1.82, 2.24) is 4.98 Å². The Morgan fingerprint density at radius 2 is 2.31 bits per heavy atom. The van der Waals surface area contributed by atoms with E-state index in [1.807, 2.05) is 13.0 Å². The number of aromatic amines is 1. The van der Waals surface area contributed by atoms with Crippen molar-refractivity contribution in [2.45, 2.75) is 32.1 Å². The molecular weight excluding hydrogens is 166 g/mol. The van der Waals surface area contributed by atoms with Crippen molar-refractivity contribution in [2.75, 3.05) is 0 Å². The molecule has 0 saturated heterocycles. The molecule has 1 heterocycles. The number of aromatic carboxylic acids is 1. The second kappa shape index (κ2) is 2.91. The van der Waals surface area contributed by atoms with Gasteiger partial charge in [-0.1, -0.05) is 6.42 Å². The zero-order valence-corrected chi connectivity index (χ0v) is 7.63. The van der Waals surface area contributed by atoms with E-state index in [0.29, 0.717) is 11.6 Å². The summed E-state index contributed by atoms with van der Waals surface area (Å²) < 4.78 is 0. The van der Waals surface area contributed by atoms with Crippen molar-refractivity contribution in [1.29, 1.82) is 0 Å². The molecule has 2 N–H and O–H groups in total. The van der Waals surface area contributed by atoms with Crippen LogP contribution in [0.5, 0.6) is 0 Å². The average Bonchev–Trinajstić information content (AvgIpc) is 2.27. The van der Waals surface area contributed by atoms with E-state index >= 15 is 0 Å². The van der Waals surface area contributed by atoms with Crippen molar-refractivity contribution in [3.05, 3.63) is 23.0 Å². The van der Waals surface area contributed by atoms with Crippen LogP contribution in [0.4, 0.5) is 0 Å². The number of carboxylic acids is 1. The van der Waals surface area contributed by atoms with E-state index in [4.69, 9.17) is 5.11 Å². The van der Waals surface area contributed by atoms with Gasteiger partial charge in [-0.2, -0.15) is 0 Å². The molecule has 3 nitrogen and oxygen atoms in total. The molecule has 0 unspecified atom stereocenters. The molecule has 13 heavy (non-hydrogen) atoms. The van der Waals surface area contributed by atoms with Crippen LogP contribution in [0.2, 0.25) is 0 Å². The van der Waals surface area contributed by atoms with Gasteiger partial charge in [0.15, 0.2) is 0 Å². The number of aryl methyl sites for hydroxylation is 1. The van der Waals surface area contributed by atoms with E-state index in [2.05, 4.69) is 4.98 Å². The maximum Gasteiger partial charge on any atom is 0.352 e. The normalized spacial score (nSPS) is 17.0. The highest BCUT2D eigenvalue weighted by Crippen LogP contribution is 2.38. The summed E-state index contributed by atoms with van der Waals surface area (Å²) in [5.74, 6) is -0.356. The largest absolute Gasteiger partial charge is 0.477 e. The number of hydrogen-bond acceptors (Lipinski definition) is 1. The molecule has 1 aliphatic rings. The standard InChI is InChI=1S/C10H13NO2/c1-6-5-8(7-3-2-4-7)9(11-6)10(12)13/h5,7,11H,2-4H2,1H3,(H,12,13). The van der Waals surface area contributed by atoms with E-state index in [0.717, 1.165) is 24.1 Å². The van der Waals surface area contributed by atoms with Crippen LogP contribution in [0.15, 0.2) is 6.07 Å². The first-order valence-corrected chi connectivity index (χ1v) is 4.61. The fourth-order valence-corrected chi connectivity index (χ4v) is 1.83. The van der Waals surface area contributed by atoms with Crippen LogP contribution in [-0.2, 0) is 0 Å². The molecule has 2 rings (SSSR count). The van der Waals surface area contributed by atoms with Crippen molar-refractivity contribution in [3.8, 4) is 0 Å². The second-order valence-corrected chi connectivity index (χ2v) is 3.72. The lowest BCUT2D eigenvalue weighted by molar-refractivity contribution is 0.0688. The highest BCUT2D eigenvalue weighted by molar-refractivity contribution is 5.87.